The lowest BCUT2D eigenvalue weighted by atomic mass is 10.2. The highest BCUT2D eigenvalue weighted by Gasteiger charge is 2.05. The second-order valence-electron chi connectivity index (χ2n) is 3.45. The molecule has 2 heterocycles. The zero-order valence-electron chi connectivity index (χ0n) is 8.91. The van der Waals surface area contributed by atoms with Gasteiger partial charge in [-0.3, -0.25) is 4.79 Å². The van der Waals surface area contributed by atoms with Crippen molar-refractivity contribution in [2.45, 2.75) is 38.5 Å². The molecular weight excluding hydrogens is 200 g/mol. The third-order valence-electron chi connectivity index (χ3n) is 2.09. The number of cyclic esters (lactones) is 1. The lowest BCUT2D eigenvalue weighted by Gasteiger charge is -1.93. The Morgan fingerprint density at radius 3 is 2.20 bits per heavy atom. The van der Waals surface area contributed by atoms with Crippen LogP contribution in [-0.4, -0.2) is 25.8 Å². The molecule has 0 atom stereocenters. The monoisotopic (exact) mass is 218 g/mol. The lowest BCUT2D eigenvalue weighted by Crippen LogP contribution is -2.00. The molecule has 0 aliphatic carbocycles. The molecule has 0 amide bonds. The molecule has 0 radical (unpaired) electrons. The normalized spacial score (nSPS) is 22.8. The Kier molecular flexibility index (Phi) is 7.16. The van der Waals surface area contributed by atoms with Crippen LogP contribution in [0.4, 0.5) is 0 Å². The van der Waals surface area contributed by atoms with E-state index in [1.54, 1.807) is 0 Å². The maximum atomic E-state index is 10.5. The molecule has 15 heavy (non-hydrogen) atoms. The highest BCUT2D eigenvalue weighted by atomic mass is 17.5. The number of rotatable bonds is 0. The molecule has 5 heteroatoms. The average molecular weight is 218 g/mol. The van der Waals surface area contributed by atoms with Gasteiger partial charge in [0.25, 0.3) is 0 Å². The first kappa shape index (κ1) is 12.4. The van der Waals surface area contributed by atoms with Crippen molar-refractivity contribution in [1.29, 1.82) is 0 Å². The fourth-order valence-electron chi connectivity index (χ4n) is 1.23. The predicted molar refractivity (Wildman–Crippen MR) is 51.7 cm³/mol. The summed E-state index contributed by atoms with van der Waals surface area (Å²) >= 11 is 0. The van der Waals surface area contributed by atoms with E-state index in [2.05, 4.69) is 14.8 Å². The molecule has 2 saturated heterocycles. The average Bonchev–Trinajstić information content (AvgIpc) is 2.64. The summed E-state index contributed by atoms with van der Waals surface area (Å²) in [5, 5.41) is 4.19. The van der Waals surface area contributed by atoms with Gasteiger partial charge in [-0.05, 0) is 32.1 Å². The Balaban J connectivity index is 0.000000151. The number of carbonyl (C=O) groups excluding carboxylic acids is 1. The summed E-state index contributed by atoms with van der Waals surface area (Å²) < 4.78 is 4.76. The van der Waals surface area contributed by atoms with Gasteiger partial charge in [0.15, 0.2) is 0 Å². The van der Waals surface area contributed by atoms with E-state index in [0.29, 0.717) is 26.2 Å². The summed E-state index contributed by atoms with van der Waals surface area (Å²) in [4.78, 5) is 19.4. The summed E-state index contributed by atoms with van der Waals surface area (Å²) in [7, 11) is 0. The van der Waals surface area contributed by atoms with Crippen LogP contribution < -0.4 is 0 Å². The van der Waals surface area contributed by atoms with E-state index >= 15 is 0 Å². The fraction of sp³-hybridized carbons (Fsp3) is 0.900. The van der Waals surface area contributed by atoms with Crippen molar-refractivity contribution in [3.05, 3.63) is 0 Å². The van der Waals surface area contributed by atoms with Crippen LogP contribution in [0.5, 0.6) is 0 Å². The highest BCUT2D eigenvalue weighted by Crippen LogP contribution is 2.06. The van der Waals surface area contributed by atoms with Gasteiger partial charge in [-0.1, -0.05) is 5.04 Å². The number of carbonyl (C=O) groups is 1. The van der Waals surface area contributed by atoms with Crippen LogP contribution in [0.2, 0.25) is 0 Å². The summed E-state index contributed by atoms with van der Waals surface area (Å²) in [5.74, 6) is -0.0255. The molecule has 5 nitrogen and oxygen atoms in total. The van der Waals surface area contributed by atoms with Crippen molar-refractivity contribution in [2.24, 2.45) is 0 Å². The maximum absolute atomic E-state index is 10.5. The Morgan fingerprint density at radius 1 is 0.800 bits per heavy atom. The van der Waals surface area contributed by atoms with E-state index in [1.807, 2.05) is 0 Å². The van der Waals surface area contributed by atoms with E-state index in [9.17, 15) is 4.79 Å². The molecule has 2 aliphatic heterocycles. The molecule has 88 valence electrons. The molecule has 0 unspecified atom stereocenters. The van der Waals surface area contributed by atoms with Crippen molar-refractivity contribution in [3.8, 4) is 0 Å². The number of ether oxygens (including phenoxy) is 1. The van der Waals surface area contributed by atoms with Crippen molar-refractivity contribution in [1.82, 2.24) is 0 Å². The molecule has 2 fully saturated rings. The van der Waals surface area contributed by atoms with Gasteiger partial charge < -0.3 is 4.74 Å². The molecule has 0 aromatic rings. The van der Waals surface area contributed by atoms with Gasteiger partial charge >= 0.3 is 5.97 Å². The second kappa shape index (κ2) is 8.64. The van der Waals surface area contributed by atoms with Gasteiger partial charge in [0.2, 0.25) is 0 Å². The quantitative estimate of drug-likeness (QED) is 0.458. The first-order chi connectivity index (χ1) is 7.39. The van der Waals surface area contributed by atoms with E-state index in [0.717, 1.165) is 32.1 Å². The van der Waals surface area contributed by atoms with Crippen molar-refractivity contribution in [3.63, 3.8) is 0 Å². The van der Waals surface area contributed by atoms with Gasteiger partial charge in [0.05, 0.1) is 19.8 Å². The van der Waals surface area contributed by atoms with Crippen LogP contribution in [0, 0.1) is 0 Å². The SMILES string of the molecule is C1CCOOOC1.O=C1CCCCCO1. The maximum Gasteiger partial charge on any atom is 0.305 e. The predicted octanol–water partition coefficient (Wildman–Crippen LogP) is 1.76. The first-order valence-electron chi connectivity index (χ1n) is 5.46. The largest absolute Gasteiger partial charge is 0.466 e. The van der Waals surface area contributed by atoms with Crippen LogP contribution >= 0.6 is 0 Å². The third-order valence-corrected chi connectivity index (χ3v) is 2.09. The lowest BCUT2D eigenvalue weighted by molar-refractivity contribution is -0.504. The molecule has 2 aliphatic rings. The van der Waals surface area contributed by atoms with Crippen molar-refractivity contribution in [2.75, 3.05) is 19.8 Å². The number of esters is 1. The minimum absolute atomic E-state index is 0.0255. The standard InChI is InChI=1S/C6H10O2.C4H8O3/c7-6-4-2-1-3-5-8-6;1-2-4-6-7-5-3-1/h1-5H2;1-4H2. The van der Waals surface area contributed by atoms with Gasteiger partial charge in [-0.2, -0.15) is 0 Å². The summed E-state index contributed by atoms with van der Waals surface area (Å²) in [6, 6.07) is 0. The Hall–Kier alpha value is -0.650. The van der Waals surface area contributed by atoms with E-state index in [4.69, 9.17) is 4.74 Å². The molecular formula is C10H18O5. The smallest absolute Gasteiger partial charge is 0.305 e. The molecule has 0 aromatic carbocycles. The van der Waals surface area contributed by atoms with Gasteiger partial charge in [-0.25, -0.2) is 9.78 Å². The van der Waals surface area contributed by atoms with Gasteiger partial charge in [0.1, 0.15) is 0 Å². The fourth-order valence-corrected chi connectivity index (χ4v) is 1.23. The molecule has 0 bridgehead atoms. The van der Waals surface area contributed by atoms with E-state index in [1.165, 1.54) is 0 Å². The minimum Gasteiger partial charge on any atom is -0.466 e. The summed E-state index contributed by atoms with van der Waals surface area (Å²) in [6.45, 7) is 1.94. The summed E-state index contributed by atoms with van der Waals surface area (Å²) in [6.07, 6.45) is 5.89. The Bertz CT molecular complexity index is 142. The molecule has 0 saturated carbocycles. The van der Waals surface area contributed by atoms with Crippen LogP contribution in [0.25, 0.3) is 0 Å². The number of hydrogen-bond acceptors (Lipinski definition) is 5. The van der Waals surface area contributed by atoms with Crippen LogP contribution in [0.15, 0.2) is 0 Å². The highest BCUT2D eigenvalue weighted by molar-refractivity contribution is 5.69. The van der Waals surface area contributed by atoms with Crippen LogP contribution in [-0.2, 0) is 24.3 Å². The Labute approximate surface area is 89.5 Å². The molecule has 0 N–H and O–H groups in total. The summed E-state index contributed by atoms with van der Waals surface area (Å²) in [5.41, 5.74) is 0. The molecule has 0 spiro atoms. The molecule has 2 rings (SSSR count). The van der Waals surface area contributed by atoms with E-state index < -0.39 is 0 Å². The second-order valence-corrected chi connectivity index (χ2v) is 3.45. The van der Waals surface area contributed by atoms with Crippen molar-refractivity contribution >= 4 is 5.97 Å². The number of hydrogen-bond donors (Lipinski definition) is 0. The zero-order chi connectivity index (χ0) is 10.8. The van der Waals surface area contributed by atoms with Crippen LogP contribution in [0.1, 0.15) is 38.5 Å². The minimum atomic E-state index is -0.0255. The van der Waals surface area contributed by atoms with Crippen LogP contribution in [0.3, 0.4) is 0 Å². The van der Waals surface area contributed by atoms with E-state index in [-0.39, 0.29) is 5.97 Å². The third kappa shape index (κ3) is 7.30. The Morgan fingerprint density at radius 2 is 1.47 bits per heavy atom. The topological polar surface area (TPSA) is 54.0 Å². The van der Waals surface area contributed by atoms with Crippen molar-refractivity contribution < 1.29 is 24.3 Å². The molecule has 0 aromatic heterocycles. The first-order valence-corrected chi connectivity index (χ1v) is 5.46. The zero-order valence-corrected chi connectivity index (χ0v) is 8.91. The van der Waals surface area contributed by atoms with Gasteiger partial charge in [0, 0.05) is 6.42 Å². The van der Waals surface area contributed by atoms with Gasteiger partial charge in [-0.15, -0.1) is 0 Å².